The summed E-state index contributed by atoms with van der Waals surface area (Å²) in [6.07, 6.45) is 0.0109. The second-order valence-electron chi connectivity index (χ2n) is 6.89. The van der Waals surface area contributed by atoms with Gasteiger partial charge in [0.1, 0.15) is 5.75 Å². The third-order valence-electron chi connectivity index (χ3n) is 4.30. The second-order valence-corrected chi connectivity index (χ2v) is 6.89. The average Bonchev–Trinajstić information content (AvgIpc) is 2.74. The van der Waals surface area contributed by atoms with Gasteiger partial charge in [-0.1, -0.05) is 42.5 Å². The van der Waals surface area contributed by atoms with Gasteiger partial charge in [0.15, 0.2) is 11.5 Å². The van der Waals surface area contributed by atoms with Crippen LogP contribution in [0.5, 0.6) is 5.75 Å². The van der Waals surface area contributed by atoms with Crippen LogP contribution in [0.4, 0.5) is 11.5 Å². The second kappa shape index (κ2) is 9.68. The maximum Gasteiger partial charge on any atom is 0.276 e. The standard InChI is InChI=1S/C23H26N4O2/c1-4-27(16-18-10-6-5-7-11-18)22-15-14-20(25-26-22)23(28)24-19-12-8-9-13-21(19)29-17(2)3/h5-15,17H,4,16H2,1-3H3,(H,24,28). The molecular formula is C23H26N4O2. The van der Waals surface area contributed by atoms with Crippen molar-refractivity contribution >= 4 is 17.4 Å². The normalized spacial score (nSPS) is 10.6. The van der Waals surface area contributed by atoms with Crippen molar-refractivity contribution in [2.45, 2.75) is 33.4 Å². The molecule has 0 bridgehead atoms. The Morgan fingerprint density at radius 2 is 1.72 bits per heavy atom. The molecule has 0 saturated carbocycles. The number of anilines is 2. The van der Waals surface area contributed by atoms with Gasteiger partial charge in [0.2, 0.25) is 0 Å². The molecule has 1 aromatic heterocycles. The van der Waals surface area contributed by atoms with E-state index in [0.29, 0.717) is 11.4 Å². The minimum Gasteiger partial charge on any atom is -0.489 e. The molecule has 6 nitrogen and oxygen atoms in total. The first-order valence-electron chi connectivity index (χ1n) is 9.76. The van der Waals surface area contributed by atoms with E-state index in [4.69, 9.17) is 4.74 Å². The van der Waals surface area contributed by atoms with E-state index in [1.807, 2.05) is 56.3 Å². The molecule has 3 rings (SSSR count). The highest BCUT2D eigenvalue weighted by Crippen LogP contribution is 2.25. The van der Waals surface area contributed by atoms with E-state index in [9.17, 15) is 4.79 Å². The Labute approximate surface area is 171 Å². The van der Waals surface area contributed by atoms with Gasteiger partial charge in [0.25, 0.3) is 5.91 Å². The Kier molecular flexibility index (Phi) is 6.79. The van der Waals surface area contributed by atoms with Gasteiger partial charge >= 0.3 is 0 Å². The number of aromatic nitrogens is 2. The topological polar surface area (TPSA) is 67.4 Å². The molecule has 1 amide bonds. The van der Waals surface area contributed by atoms with Gasteiger partial charge in [0.05, 0.1) is 11.8 Å². The summed E-state index contributed by atoms with van der Waals surface area (Å²) in [6, 6.07) is 21.0. The van der Waals surface area contributed by atoms with Gasteiger partial charge in [0, 0.05) is 13.1 Å². The Balaban J connectivity index is 1.70. The predicted octanol–water partition coefficient (Wildman–Crippen LogP) is 4.54. The first kappa shape index (κ1) is 20.3. The molecule has 0 radical (unpaired) electrons. The fourth-order valence-electron chi connectivity index (χ4n) is 2.89. The Morgan fingerprint density at radius 3 is 2.38 bits per heavy atom. The van der Waals surface area contributed by atoms with Crippen LogP contribution in [0, 0.1) is 0 Å². The van der Waals surface area contributed by atoms with Crippen LogP contribution in [0.2, 0.25) is 0 Å². The van der Waals surface area contributed by atoms with Crippen LogP contribution in [0.25, 0.3) is 0 Å². The number of nitrogens with one attached hydrogen (secondary N) is 1. The molecule has 0 aliphatic carbocycles. The highest BCUT2D eigenvalue weighted by Gasteiger charge is 2.14. The maximum atomic E-state index is 12.6. The predicted molar refractivity (Wildman–Crippen MR) is 115 cm³/mol. The number of rotatable bonds is 8. The zero-order chi connectivity index (χ0) is 20.6. The molecule has 3 aromatic rings. The molecule has 0 fully saturated rings. The smallest absolute Gasteiger partial charge is 0.276 e. The van der Waals surface area contributed by atoms with E-state index in [-0.39, 0.29) is 17.7 Å². The number of ether oxygens (including phenoxy) is 1. The highest BCUT2D eigenvalue weighted by molar-refractivity contribution is 6.03. The molecule has 6 heteroatoms. The number of carbonyl (C=O) groups excluding carboxylic acids is 1. The summed E-state index contributed by atoms with van der Waals surface area (Å²) in [5, 5.41) is 11.2. The number of hydrogen-bond donors (Lipinski definition) is 1. The van der Waals surface area contributed by atoms with Crippen molar-refractivity contribution < 1.29 is 9.53 Å². The number of hydrogen-bond acceptors (Lipinski definition) is 5. The molecule has 0 atom stereocenters. The average molecular weight is 390 g/mol. The van der Waals surface area contributed by atoms with E-state index in [1.165, 1.54) is 5.56 Å². The lowest BCUT2D eigenvalue weighted by Gasteiger charge is -2.21. The first-order chi connectivity index (χ1) is 14.1. The summed E-state index contributed by atoms with van der Waals surface area (Å²) in [4.78, 5) is 14.7. The highest BCUT2D eigenvalue weighted by atomic mass is 16.5. The number of nitrogens with zero attached hydrogens (tertiary/aromatic N) is 3. The molecule has 1 N–H and O–H groups in total. The van der Waals surface area contributed by atoms with Gasteiger partial charge in [-0.2, -0.15) is 0 Å². The first-order valence-corrected chi connectivity index (χ1v) is 9.76. The van der Waals surface area contributed by atoms with Crippen molar-refractivity contribution in [3.8, 4) is 5.75 Å². The summed E-state index contributed by atoms with van der Waals surface area (Å²) in [5.74, 6) is 1.03. The zero-order valence-electron chi connectivity index (χ0n) is 17.0. The van der Waals surface area contributed by atoms with Crippen LogP contribution in [-0.4, -0.2) is 28.8 Å². The quantitative estimate of drug-likeness (QED) is 0.611. The van der Waals surface area contributed by atoms with E-state index < -0.39 is 0 Å². The molecule has 0 aliphatic rings. The van der Waals surface area contributed by atoms with E-state index in [0.717, 1.165) is 18.9 Å². The third-order valence-corrected chi connectivity index (χ3v) is 4.30. The van der Waals surface area contributed by atoms with E-state index >= 15 is 0 Å². The minimum absolute atomic E-state index is 0.0109. The lowest BCUT2D eigenvalue weighted by molar-refractivity contribution is 0.102. The summed E-state index contributed by atoms with van der Waals surface area (Å²) < 4.78 is 5.75. The lowest BCUT2D eigenvalue weighted by Crippen LogP contribution is -2.24. The Bertz CT molecular complexity index is 927. The number of para-hydroxylation sites is 2. The monoisotopic (exact) mass is 390 g/mol. The maximum absolute atomic E-state index is 12.6. The molecular weight excluding hydrogens is 364 g/mol. The number of carbonyl (C=O) groups is 1. The lowest BCUT2D eigenvalue weighted by atomic mass is 10.2. The summed E-state index contributed by atoms with van der Waals surface area (Å²) in [5.41, 5.74) is 2.06. The number of benzene rings is 2. The van der Waals surface area contributed by atoms with Gasteiger partial charge in [-0.05, 0) is 50.6 Å². The van der Waals surface area contributed by atoms with Crippen molar-refractivity contribution in [1.29, 1.82) is 0 Å². The summed E-state index contributed by atoms with van der Waals surface area (Å²) in [7, 11) is 0. The van der Waals surface area contributed by atoms with Crippen LogP contribution in [0.15, 0.2) is 66.7 Å². The fourth-order valence-corrected chi connectivity index (χ4v) is 2.89. The van der Waals surface area contributed by atoms with Crippen molar-refractivity contribution in [2.75, 3.05) is 16.8 Å². The molecule has 1 heterocycles. The molecule has 0 saturated heterocycles. The molecule has 0 unspecified atom stereocenters. The zero-order valence-corrected chi connectivity index (χ0v) is 17.0. The molecule has 150 valence electrons. The van der Waals surface area contributed by atoms with Crippen LogP contribution >= 0.6 is 0 Å². The number of amides is 1. The molecule has 0 aliphatic heterocycles. The minimum atomic E-state index is -0.324. The van der Waals surface area contributed by atoms with Crippen LogP contribution < -0.4 is 15.0 Å². The van der Waals surface area contributed by atoms with Crippen LogP contribution in [-0.2, 0) is 6.54 Å². The largest absolute Gasteiger partial charge is 0.489 e. The third kappa shape index (κ3) is 5.54. The van der Waals surface area contributed by atoms with Gasteiger partial charge in [-0.3, -0.25) is 4.79 Å². The Morgan fingerprint density at radius 1 is 1.00 bits per heavy atom. The molecule has 2 aromatic carbocycles. The van der Waals surface area contributed by atoms with E-state index in [2.05, 4.69) is 39.5 Å². The molecule has 29 heavy (non-hydrogen) atoms. The summed E-state index contributed by atoms with van der Waals surface area (Å²) >= 11 is 0. The van der Waals surface area contributed by atoms with Gasteiger partial charge in [-0.15, -0.1) is 10.2 Å². The van der Waals surface area contributed by atoms with Crippen molar-refractivity contribution in [3.63, 3.8) is 0 Å². The van der Waals surface area contributed by atoms with E-state index in [1.54, 1.807) is 12.1 Å². The van der Waals surface area contributed by atoms with Crippen molar-refractivity contribution in [1.82, 2.24) is 10.2 Å². The van der Waals surface area contributed by atoms with Crippen molar-refractivity contribution in [3.05, 3.63) is 78.0 Å². The Hall–Kier alpha value is -3.41. The SMILES string of the molecule is CCN(Cc1ccccc1)c1ccc(C(=O)Nc2ccccc2OC(C)C)nn1. The fraction of sp³-hybridized carbons (Fsp3) is 0.261. The van der Waals surface area contributed by atoms with Crippen molar-refractivity contribution in [2.24, 2.45) is 0 Å². The van der Waals surface area contributed by atoms with Crippen LogP contribution in [0.1, 0.15) is 36.8 Å². The summed E-state index contributed by atoms with van der Waals surface area (Å²) in [6.45, 7) is 7.47. The van der Waals surface area contributed by atoms with Gasteiger partial charge in [-0.25, -0.2) is 0 Å². The van der Waals surface area contributed by atoms with Gasteiger partial charge < -0.3 is 15.0 Å². The molecule has 0 spiro atoms. The van der Waals surface area contributed by atoms with Crippen LogP contribution in [0.3, 0.4) is 0 Å².